The Hall–Kier alpha value is -2.03. The van der Waals surface area contributed by atoms with E-state index in [1.807, 2.05) is 0 Å². The van der Waals surface area contributed by atoms with Crippen molar-refractivity contribution in [1.29, 1.82) is 0 Å². The lowest BCUT2D eigenvalue weighted by atomic mass is 10.3. The molecule has 0 aliphatic carbocycles. The van der Waals surface area contributed by atoms with Crippen LogP contribution in [0, 0.1) is 0 Å². The highest BCUT2D eigenvalue weighted by Crippen LogP contribution is 2.20. The van der Waals surface area contributed by atoms with E-state index in [-0.39, 0.29) is 10.0 Å². The zero-order chi connectivity index (χ0) is 20.4. The Bertz CT molecular complexity index is 766. The molecule has 0 aliphatic heterocycles. The van der Waals surface area contributed by atoms with Gasteiger partial charge >= 0.3 is 10.5 Å². The summed E-state index contributed by atoms with van der Waals surface area (Å²) in [5, 5.41) is 15.3. The van der Waals surface area contributed by atoms with Crippen LogP contribution in [0.15, 0.2) is 39.4 Å². The van der Waals surface area contributed by atoms with E-state index in [1.165, 1.54) is 37.5 Å². The predicted octanol–water partition coefficient (Wildman–Crippen LogP) is 1.17. The van der Waals surface area contributed by atoms with E-state index in [2.05, 4.69) is 31.7 Å². The van der Waals surface area contributed by atoms with Crippen molar-refractivity contribution in [2.75, 3.05) is 26.5 Å². The van der Waals surface area contributed by atoms with E-state index >= 15 is 0 Å². The topological polar surface area (TPSA) is 123 Å². The van der Waals surface area contributed by atoms with Crippen LogP contribution in [0.2, 0.25) is 0 Å². The third-order valence-electron chi connectivity index (χ3n) is 2.64. The molecule has 0 fully saturated rings. The second kappa shape index (κ2) is 11.0. The van der Waals surface area contributed by atoms with Gasteiger partial charge in [0.1, 0.15) is 0 Å². The largest absolute Gasteiger partial charge is 0.407 e. The van der Waals surface area contributed by atoms with Gasteiger partial charge in [-0.2, -0.15) is 14.8 Å². The molecule has 13 heteroatoms. The summed E-state index contributed by atoms with van der Waals surface area (Å²) < 4.78 is 26.8. The van der Waals surface area contributed by atoms with Crippen molar-refractivity contribution >= 4 is 62.8 Å². The van der Waals surface area contributed by atoms with Crippen LogP contribution in [0.3, 0.4) is 0 Å². The average molecular weight is 433 g/mol. The van der Waals surface area contributed by atoms with Gasteiger partial charge in [0.25, 0.3) is 0 Å². The van der Waals surface area contributed by atoms with Gasteiger partial charge in [-0.15, -0.1) is 5.06 Å². The van der Waals surface area contributed by atoms with Crippen LogP contribution in [-0.2, 0) is 19.0 Å². The lowest BCUT2D eigenvalue weighted by Crippen LogP contribution is -2.29. The number of benzene rings is 1. The Morgan fingerprint density at radius 3 is 2.41 bits per heavy atom. The van der Waals surface area contributed by atoms with Crippen molar-refractivity contribution < 1.29 is 13.0 Å². The van der Waals surface area contributed by atoms with Crippen molar-refractivity contribution in [3.05, 3.63) is 24.3 Å². The van der Waals surface area contributed by atoms with E-state index in [0.29, 0.717) is 16.5 Å². The minimum Gasteiger partial charge on any atom is -0.364 e. The van der Waals surface area contributed by atoms with E-state index in [0.717, 1.165) is 0 Å². The summed E-state index contributed by atoms with van der Waals surface area (Å²) in [6.45, 7) is 1.73. The fourth-order valence-corrected chi connectivity index (χ4v) is 2.71. The van der Waals surface area contributed by atoms with Crippen molar-refractivity contribution in [3.8, 4) is 0 Å². The Morgan fingerprint density at radius 1 is 1.22 bits per heavy atom. The number of anilines is 1. The molecule has 1 aromatic carbocycles. The number of rotatable bonds is 7. The highest BCUT2D eigenvalue weighted by atomic mass is 32.3. The highest BCUT2D eigenvalue weighted by Gasteiger charge is 2.33. The smallest absolute Gasteiger partial charge is 0.364 e. The van der Waals surface area contributed by atoms with Gasteiger partial charge in [-0.3, -0.25) is 10.9 Å². The molecule has 0 aliphatic rings. The van der Waals surface area contributed by atoms with Crippen LogP contribution in [0.4, 0.5) is 5.69 Å². The van der Waals surface area contributed by atoms with Gasteiger partial charge in [0.2, 0.25) is 4.90 Å². The van der Waals surface area contributed by atoms with Gasteiger partial charge in [-0.1, -0.05) is 0 Å². The van der Waals surface area contributed by atoms with E-state index in [4.69, 9.17) is 28.7 Å². The van der Waals surface area contributed by atoms with Crippen molar-refractivity contribution in [2.45, 2.75) is 11.8 Å². The first-order valence-electron chi connectivity index (χ1n) is 7.49. The Kier molecular flexibility index (Phi) is 9.34. The average Bonchev–Trinajstić information content (AvgIpc) is 2.59. The highest BCUT2D eigenvalue weighted by molar-refractivity contribution is 7.93. The maximum absolute atomic E-state index is 12.0. The minimum absolute atomic E-state index is 0.137. The summed E-state index contributed by atoms with van der Waals surface area (Å²) in [6.07, 6.45) is 1.46. The van der Waals surface area contributed by atoms with Gasteiger partial charge in [0.05, 0.1) is 11.9 Å². The Morgan fingerprint density at radius 2 is 1.85 bits per heavy atom. The fourth-order valence-electron chi connectivity index (χ4n) is 1.52. The molecule has 1 rings (SSSR count). The van der Waals surface area contributed by atoms with Gasteiger partial charge < -0.3 is 10.6 Å². The molecule has 27 heavy (non-hydrogen) atoms. The molecule has 1 unspecified atom stereocenters. The van der Waals surface area contributed by atoms with Gasteiger partial charge in [0.15, 0.2) is 10.2 Å². The lowest BCUT2D eigenvalue weighted by Gasteiger charge is -2.09. The normalized spacial score (nSPS) is 13.9. The summed E-state index contributed by atoms with van der Waals surface area (Å²) in [5.41, 5.74) is 6.44. The second-order valence-corrected chi connectivity index (χ2v) is 7.54. The molecule has 0 saturated carbocycles. The van der Waals surface area contributed by atoms with Crippen LogP contribution in [0.5, 0.6) is 0 Å². The number of nitrogens with zero attached hydrogens (tertiary/aromatic N) is 3. The van der Waals surface area contributed by atoms with Crippen LogP contribution in [0.1, 0.15) is 6.92 Å². The zero-order valence-electron chi connectivity index (χ0n) is 15.2. The lowest BCUT2D eigenvalue weighted by molar-refractivity contribution is -0.00566. The first kappa shape index (κ1) is 23.0. The number of hydrazone groups is 2. The van der Waals surface area contributed by atoms with Crippen LogP contribution in [0.25, 0.3) is 0 Å². The number of thiocarbonyl (C=S) groups is 2. The molecule has 0 heterocycles. The molecule has 5 N–H and O–H groups in total. The van der Waals surface area contributed by atoms with E-state index in [1.54, 1.807) is 26.1 Å². The summed E-state index contributed by atoms with van der Waals surface area (Å²) in [6, 6.07) is 6.12. The molecular formula is C14H22N7O3S3+. The third kappa shape index (κ3) is 8.94. The molecular weight excluding hydrogens is 410 g/mol. The molecule has 0 bridgehead atoms. The maximum Gasteiger partial charge on any atom is 0.407 e. The van der Waals surface area contributed by atoms with Gasteiger partial charge in [-0.05, 0) is 52.0 Å². The van der Waals surface area contributed by atoms with Crippen molar-refractivity contribution in [2.24, 2.45) is 10.2 Å². The SMILES string of the molecule is CNC(=S)N/N=C(C)\C=N/NC(=S)Nc1ccc([S+](=O)(O)ON(C)C)cc1. The van der Waals surface area contributed by atoms with E-state index < -0.39 is 10.5 Å². The number of nitrogens with one attached hydrogen (secondary N) is 4. The Labute approximate surface area is 169 Å². The third-order valence-corrected chi connectivity index (χ3v) is 4.50. The molecule has 1 aromatic rings. The molecule has 0 saturated heterocycles. The zero-order valence-corrected chi connectivity index (χ0v) is 17.7. The first-order valence-corrected chi connectivity index (χ1v) is 9.75. The van der Waals surface area contributed by atoms with Crippen LogP contribution in [-0.4, -0.2) is 52.9 Å². The number of hydrogen-bond acceptors (Lipinski definition) is 7. The standard InChI is InChI=1S/C14H21N7O3S3/c1-10(18-20-13(25)15-2)9-16-19-14(26)17-11-5-7-12(8-6-11)27(22,23)24-21(3)4/h5-9H,1-4H3,(H4-,15,16,17,18,19,20,22,23,25,26)/p+1. The van der Waals surface area contributed by atoms with Crippen molar-refractivity contribution in [1.82, 2.24) is 21.2 Å². The quantitative estimate of drug-likeness (QED) is 0.186. The van der Waals surface area contributed by atoms with Crippen LogP contribution < -0.4 is 21.5 Å². The fraction of sp³-hybridized carbons (Fsp3) is 0.286. The molecule has 0 aromatic heterocycles. The van der Waals surface area contributed by atoms with Gasteiger partial charge in [-0.25, -0.2) is 0 Å². The second-order valence-electron chi connectivity index (χ2n) is 5.15. The number of hydrogen-bond donors (Lipinski definition) is 5. The Balaban J connectivity index is 2.57. The number of hydroxylamine groups is 2. The molecule has 0 amide bonds. The first-order chi connectivity index (χ1) is 12.6. The summed E-state index contributed by atoms with van der Waals surface area (Å²) >= 11 is 10.0. The predicted molar refractivity (Wildman–Crippen MR) is 116 cm³/mol. The maximum atomic E-state index is 12.0. The molecule has 0 spiro atoms. The van der Waals surface area contributed by atoms with Gasteiger partial charge in [0, 0.05) is 39.0 Å². The molecule has 1 atom stereocenters. The van der Waals surface area contributed by atoms with E-state index in [9.17, 15) is 8.76 Å². The van der Waals surface area contributed by atoms with Crippen molar-refractivity contribution in [3.63, 3.8) is 0 Å². The van der Waals surface area contributed by atoms with Crippen LogP contribution >= 0.6 is 24.4 Å². The summed E-state index contributed by atoms with van der Waals surface area (Å²) in [4.78, 5) is 0.137. The molecule has 10 nitrogen and oxygen atoms in total. The monoisotopic (exact) mass is 432 g/mol. The molecule has 148 valence electrons. The molecule has 0 radical (unpaired) electrons. The summed E-state index contributed by atoms with van der Waals surface area (Å²) in [7, 11) is 1.13. The summed E-state index contributed by atoms with van der Waals surface area (Å²) in [5.74, 6) is 0. The minimum atomic E-state index is -3.60.